The Morgan fingerprint density at radius 1 is 1.27 bits per heavy atom. The van der Waals surface area contributed by atoms with Gasteiger partial charge in [-0.05, 0) is 37.7 Å². The Balaban J connectivity index is 2.00. The molecule has 0 spiro atoms. The molecule has 0 aliphatic carbocycles. The number of rotatable bonds is 6. The van der Waals surface area contributed by atoms with E-state index in [1.54, 1.807) is 42.6 Å². The topological polar surface area (TPSA) is 48.5 Å². The van der Waals surface area contributed by atoms with Gasteiger partial charge >= 0.3 is 0 Å². The highest BCUT2D eigenvalue weighted by Crippen LogP contribution is 2.23. The number of hydrogen-bond acceptors (Lipinski definition) is 5. The van der Waals surface area contributed by atoms with E-state index < -0.39 is 0 Å². The van der Waals surface area contributed by atoms with E-state index in [0.717, 1.165) is 12.4 Å². The van der Waals surface area contributed by atoms with Gasteiger partial charge in [0.25, 0.3) is 5.91 Å². The summed E-state index contributed by atoms with van der Waals surface area (Å²) in [4.78, 5) is 21.2. The molecule has 6 heteroatoms. The molecule has 2 rings (SSSR count). The number of pyridine rings is 1. The van der Waals surface area contributed by atoms with E-state index in [1.807, 2.05) is 6.07 Å². The van der Waals surface area contributed by atoms with Crippen LogP contribution in [0.25, 0.3) is 0 Å². The molecular weight excluding hydrogens is 296 g/mol. The quantitative estimate of drug-likeness (QED) is 0.889. The van der Waals surface area contributed by atoms with Crippen molar-refractivity contribution in [3.63, 3.8) is 0 Å². The first-order valence-electron chi connectivity index (χ1n) is 7.10. The molecule has 2 heterocycles. The van der Waals surface area contributed by atoms with Crippen molar-refractivity contribution < 1.29 is 4.79 Å². The van der Waals surface area contributed by atoms with Gasteiger partial charge in [0.05, 0.1) is 11.6 Å². The minimum absolute atomic E-state index is 0.0381. The Morgan fingerprint density at radius 3 is 2.55 bits per heavy atom. The molecule has 0 aromatic carbocycles. The van der Waals surface area contributed by atoms with E-state index in [2.05, 4.69) is 46.8 Å². The van der Waals surface area contributed by atoms with Gasteiger partial charge in [0.2, 0.25) is 0 Å². The van der Waals surface area contributed by atoms with Crippen molar-refractivity contribution in [3.8, 4) is 0 Å². The molecule has 2 aromatic rings. The third-order valence-corrected chi connectivity index (χ3v) is 4.36. The Kier molecular flexibility index (Phi) is 5.51. The van der Waals surface area contributed by atoms with Gasteiger partial charge in [-0.1, -0.05) is 6.07 Å². The fourth-order valence-corrected chi connectivity index (χ4v) is 3.03. The molecule has 0 radical (unpaired) electrons. The van der Waals surface area contributed by atoms with Crippen LogP contribution in [0.15, 0.2) is 35.8 Å². The highest BCUT2D eigenvalue weighted by atomic mass is 32.1. The normalized spacial score (nSPS) is 12.2. The molecule has 5 nitrogen and oxygen atoms in total. The summed E-state index contributed by atoms with van der Waals surface area (Å²) in [5, 5.41) is 5.43. The second-order valence-corrected chi connectivity index (χ2v) is 6.49. The van der Waals surface area contributed by atoms with Crippen LogP contribution >= 0.6 is 11.3 Å². The maximum Gasteiger partial charge on any atom is 0.254 e. The predicted molar refractivity (Wildman–Crippen MR) is 91.5 cm³/mol. The highest BCUT2D eigenvalue weighted by molar-refractivity contribution is 7.10. The van der Waals surface area contributed by atoms with E-state index >= 15 is 0 Å². The lowest BCUT2D eigenvalue weighted by Gasteiger charge is -2.23. The zero-order valence-electron chi connectivity index (χ0n) is 13.4. The molecule has 2 aromatic heterocycles. The van der Waals surface area contributed by atoms with Gasteiger partial charge in [0.15, 0.2) is 0 Å². The number of carbonyl (C=O) groups excluding carboxylic acids is 1. The van der Waals surface area contributed by atoms with Gasteiger partial charge in [-0.15, -0.1) is 11.3 Å². The first-order chi connectivity index (χ1) is 10.5. The summed E-state index contributed by atoms with van der Waals surface area (Å²) in [7, 11) is 7.60. The van der Waals surface area contributed by atoms with Crippen LogP contribution in [0.2, 0.25) is 0 Å². The SMILES string of the molecule is CN(C)C(=O)c1ccc(NCC(c2cccs2)N(C)C)nc1. The summed E-state index contributed by atoms with van der Waals surface area (Å²) in [6.45, 7) is 0.765. The van der Waals surface area contributed by atoms with Crippen molar-refractivity contribution in [2.75, 3.05) is 40.1 Å². The summed E-state index contributed by atoms with van der Waals surface area (Å²) in [5.41, 5.74) is 0.595. The molecule has 0 fully saturated rings. The molecule has 1 unspecified atom stereocenters. The average Bonchev–Trinajstić information content (AvgIpc) is 3.01. The van der Waals surface area contributed by atoms with Gasteiger partial charge in [-0.25, -0.2) is 4.98 Å². The largest absolute Gasteiger partial charge is 0.368 e. The second kappa shape index (κ2) is 7.38. The molecule has 1 N–H and O–H groups in total. The van der Waals surface area contributed by atoms with Gasteiger partial charge in [0.1, 0.15) is 5.82 Å². The molecule has 22 heavy (non-hydrogen) atoms. The van der Waals surface area contributed by atoms with Crippen LogP contribution in [-0.4, -0.2) is 55.4 Å². The summed E-state index contributed by atoms with van der Waals surface area (Å²) in [6, 6.07) is 8.15. The monoisotopic (exact) mass is 318 g/mol. The third kappa shape index (κ3) is 4.05. The first-order valence-corrected chi connectivity index (χ1v) is 7.98. The summed E-state index contributed by atoms with van der Waals surface area (Å²) in [5.74, 6) is 0.738. The van der Waals surface area contributed by atoms with Crippen LogP contribution in [0.1, 0.15) is 21.3 Å². The molecule has 0 bridgehead atoms. The molecule has 0 aliphatic heterocycles. The zero-order chi connectivity index (χ0) is 16.1. The fourth-order valence-electron chi connectivity index (χ4n) is 2.10. The van der Waals surface area contributed by atoms with Crippen LogP contribution < -0.4 is 5.32 Å². The molecule has 0 aliphatic rings. The Morgan fingerprint density at radius 2 is 2.05 bits per heavy atom. The van der Waals surface area contributed by atoms with Crippen LogP contribution in [-0.2, 0) is 0 Å². The van der Waals surface area contributed by atoms with Crippen LogP contribution in [0.5, 0.6) is 0 Å². The lowest BCUT2D eigenvalue weighted by molar-refractivity contribution is 0.0827. The number of amides is 1. The zero-order valence-corrected chi connectivity index (χ0v) is 14.2. The van der Waals surface area contributed by atoms with E-state index in [9.17, 15) is 4.79 Å². The van der Waals surface area contributed by atoms with Gasteiger partial charge in [-0.3, -0.25) is 4.79 Å². The smallest absolute Gasteiger partial charge is 0.254 e. The number of nitrogens with zero attached hydrogens (tertiary/aromatic N) is 3. The molecule has 1 amide bonds. The lowest BCUT2D eigenvalue weighted by atomic mass is 10.2. The number of nitrogens with one attached hydrogen (secondary N) is 1. The van der Waals surface area contributed by atoms with Crippen molar-refractivity contribution in [2.24, 2.45) is 0 Å². The molecule has 0 saturated carbocycles. The lowest BCUT2D eigenvalue weighted by Crippen LogP contribution is -2.26. The van der Waals surface area contributed by atoms with E-state index in [0.29, 0.717) is 11.6 Å². The van der Waals surface area contributed by atoms with Crippen LogP contribution in [0.4, 0.5) is 5.82 Å². The van der Waals surface area contributed by atoms with Crippen molar-refractivity contribution in [2.45, 2.75) is 6.04 Å². The summed E-state index contributed by atoms with van der Waals surface area (Å²) in [6.07, 6.45) is 1.61. The Bertz CT molecular complexity index is 593. The van der Waals surface area contributed by atoms with Crippen molar-refractivity contribution in [3.05, 3.63) is 46.3 Å². The molecule has 1 atom stereocenters. The van der Waals surface area contributed by atoms with E-state index in [1.165, 1.54) is 4.88 Å². The maximum atomic E-state index is 11.8. The van der Waals surface area contributed by atoms with Crippen LogP contribution in [0, 0.1) is 0 Å². The number of likely N-dealkylation sites (N-methyl/N-ethyl adjacent to an activating group) is 1. The Labute approximate surface area is 135 Å². The number of hydrogen-bond donors (Lipinski definition) is 1. The minimum atomic E-state index is -0.0381. The third-order valence-electron chi connectivity index (χ3n) is 3.39. The minimum Gasteiger partial charge on any atom is -0.368 e. The predicted octanol–water partition coefficient (Wildman–Crippen LogP) is 2.56. The highest BCUT2D eigenvalue weighted by Gasteiger charge is 2.15. The number of aromatic nitrogens is 1. The van der Waals surface area contributed by atoms with Gasteiger partial charge in [-0.2, -0.15) is 0 Å². The summed E-state index contributed by atoms with van der Waals surface area (Å²) >= 11 is 1.75. The van der Waals surface area contributed by atoms with Gasteiger partial charge in [0, 0.05) is 31.7 Å². The second-order valence-electron chi connectivity index (χ2n) is 5.51. The average molecular weight is 318 g/mol. The standard InChI is InChI=1S/C16H22N4OS/c1-19(2)13(14-6-5-9-22-14)11-18-15-8-7-12(10-17-15)16(21)20(3)4/h5-10,13H,11H2,1-4H3,(H,17,18). The molecular formula is C16H22N4OS. The van der Waals surface area contributed by atoms with Crippen LogP contribution in [0.3, 0.4) is 0 Å². The van der Waals surface area contributed by atoms with Crippen molar-refractivity contribution in [1.82, 2.24) is 14.8 Å². The van der Waals surface area contributed by atoms with Crippen molar-refractivity contribution >= 4 is 23.1 Å². The Hall–Kier alpha value is -1.92. The summed E-state index contributed by atoms with van der Waals surface area (Å²) < 4.78 is 0. The number of anilines is 1. The molecule has 118 valence electrons. The first kappa shape index (κ1) is 16.5. The maximum absolute atomic E-state index is 11.8. The van der Waals surface area contributed by atoms with E-state index in [4.69, 9.17) is 0 Å². The fraction of sp³-hybridized carbons (Fsp3) is 0.375. The number of thiophene rings is 1. The van der Waals surface area contributed by atoms with Crippen molar-refractivity contribution in [1.29, 1.82) is 0 Å². The molecule has 0 saturated heterocycles. The van der Waals surface area contributed by atoms with E-state index in [-0.39, 0.29) is 5.91 Å². The number of carbonyl (C=O) groups is 1. The van der Waals surface area contributed by atoms with Gasteiger partial charge < -0.3 is 15.1 Å².